The van der Waals surface area contributed by atoms with Crippen LogP contribution >= 0.6 is 0 Å². The van der Waals surface area contributed by atoms with Crippen molar-refractivity contribution in [3.05, 3.63) is 35.9 Å². The second-order valence-electron chi connectivity index (χ2n) is 5.55. The van der Waals surface area contributed by atoms with E-state index in [1.165, 1.54) is 4.90 Å². The summed E-state index contributed by atoms with van der Waals surface area (Å²) in [6, 6.07) is 8.74. The van der Waals surface area contributed by atoms with E-state index >= 15 is 0 Å². The molecule has 0 radical (unpaired) electrons. The first-order chi connectivity index (χ1) is 9.99. The molecule has 0 aliphatic carbocycles. The molecule has 1 unspecified atom stereocenters. The zero-order chi connectivity index (χ0) is 15.4. The average Bonchev–Trinajstić information content (AvgIpc) is 2.80. The first kappa shape index (κ1) is 15.2. The van der Waals surface area contributed by atoms with E-state index in [0.29, 0.717) is 19.4 Å². The van der Waals surface area contributed by atoms with Gasteiger partial charge in [-0.1, -0.05) is 30.3 Å². The molecule has 0 saturated carbocycles. The predicted octanol–water partition coefficient (Wildman–Crippen LogP) is 1.27. The van der Waals surface area contributed by atoms with E-state index in [-0.39, 0.29) is 11.9 Å². The third-order valence-electron chi connectivity index (χ3n) is 3.47. The first-order valence-corrected chi connectivity index (χ1v) is 7.17. The van der Waals surface area contributed by atoms with Crippen molar-refractivity contribution in [2.75, 3.05) is 0 Å². The minimum atomic E-state index is -0.642. The third-order valence-corrected chi connectivity index (χ3v) is 3.47. The lowest BCUT2D eigenvalue weighted by molar-refractivity contribution is -0.143. The van der Waals surface area contributed by atoms with Gasteiger partial charge in [-0.15, -0.1) is 0 Å². The number of carbonyl (C=O) groups is 3. The number of ketones is 1. The number of nitrogens with one attached hydrogen (secondary N) is 1. The Morgan fingerprint density at radius 2 is 1.95 bits per heavy atom. The highest BCUT2D eigenvalue weighted by Crippen LogP contribution is 2.22. The van der Waals surface area contributed by atoms with Gasteiger partial charge < -0.3 is 10.2 Å². The van der Waals surface area contributed by atoms with Gasteiger partial charge in [0.05, 0.1) is 0 Å². The van der Waals surface area contributed by atoms with Crippen LogP contribution in [0.15, 0.2) is 30.3 Å². The minimum absolute atomic E-state index is 0.0745. The zero-order valence-electron chi connectivity index (χ0n) is 12.3. The van der Waals surface area contributed by atoms with Gasteiger partial charge in [0, 0.05) is 19.0 Å². The van der Waals surface area contributed by atoms with Crippen molar-refractivity contribution < 1.29 is 14.4 Å². The molecule has 0 spiro atoms. The molecular weight excluding hydrogens is 268 g/mol. The van der Waals surface area contributed by atoms with Gasteiger partial charge in [0.1, 0.15) is 6.04 Å². The van der Waals surface area contributed by atoms with Crippen LogP contribution in [0.3, 0.4) is 0 Å². The summed E-state index contributed by atoms with van der Waals surface area (Å²) < 4.78 is 0. The number of amides is 2. The maximum atomic E-state index is 12.2. The Morgan fingerprint density at radius 3 is 2.57 bits per heavy atom. The van der Waals surface area contributed by atoms with E-state index in [9.17, 15) is 14.4 Å². The fourth-order valence-corrected chi connectivity index (χ4v) is 2.47. The van der Waals surface area contributed by atoms with Crippen molar-refractivity contribution in [1.82, 2.24) is 10.2 Å². The summed E-state index contributed by atoms with van der Waals surface area (Å²) in [5.41, 5.74) is 0.954. The zero-order valence-corrected chi connectivity index (χ0v) is 12.3. The lowest BCUT2D eigenvalue weighted by Crippen LogP contribution is -2.46. The second-order valence-corrected chi connectivity index (χ2v) is 5.55. The second kappa shape index (κ2) is 6.52. The van der Waals surface area contributed by atoms with Crippen LogP contribution in [0.5, 0.6) is 0 Å². The molecule has 1 aliphatic heterocycles. The van der Waals surface area contributed by atoms with Crippen molar-refractivity contribution in [2.45, 2.75) is 45.3 Å². The van der Waals surface area contributed by atoms with Crippen molar-refractivity contribution in [3.63, 3.8) is 0 Å². The topological polar surface area (TPSA) is 66.5 Å². The summed E-state index contributed by atoms with van der Waals surface area (Å²) in [6.45, 7) is 3.96. The first-order valence-electron chi connectivity index (χ1n) is 7.17. The number of carbonyl (C=O) groups excluding carboxylic acids is 3. The maximum Gasteiger partial charge on any atom is 0.289 e. The van der Waals surface area contributed by atoms with E-state index in [1.807, 2.05) is 30.3 Å². The summed E-state index contributed by atoms with van der Waals surface area (Å²) in [5, 5.41) is 2.59. The Bertz CT molecular complexity index is 540. The average molecular weight is 288 g/mol. The molecule has 1 aromatic carbocycles. The van der Waals surface area contributed by atoms with Crippen LogP contribution in [-0.2, 0) is 20.9 Å². The van der Waals surface area contributed by atoms with Gasteiger partial charge in [-0.25, -0.2) is 0 Å². The van der Waals surface area contributed by atoms with Crippen LogP contribution in [0.2, 0.25) is 0 Å². The standard InChI is InChI=1S/C16H20N2O3/c1-11(2)17-16(21)15(20)13-8-9-14(19)18(13)10-12-6-4-3-5-7-12/h3-7,11,13H,8-10H2,1-2H3,(H,17,21). The molecule has 1 atom stereocenters. The van der Waals surface area contributed by atoms with Gasteiger partial charge in [-0.3, -0.25) is 14.4 Å². The predicted molar refractivity (Wildman–Crippen MR) is 78.3 cm³/mol. The van der Waals surface area contributed by atoms with Gasteiger partial charge in [-0.2, -0.15) is 0 Å². The van der Waals surface area contributed by atoms with Gasteiger partial charge in [0.15, 0.2) is 0 Å². The van der Waals surface area contributed by atoms with Crippen LogP contribution in [-0.4, -0.2) is 34.6 Å². The van der Waals surface area contributed by atoms with Gasteiger partial charge in [-0.05, 0) is 25.8 Å². The van der Waals surface area contributed by atoms with Crippen molar-refractivity contribution in [1.29, 1.82) is 0 Å². The Kier molecular flexibility index (Phi) is 4.73. The lowest BCUT2D eigenvalue weighted by atomic mass is 10.1. The highest BCUT2D eigenvalue weighted by Gasteiger charge is 2.38. The summed E-state index contributed by atoms with van der Waals surface area (Å²) in [5.74, 6) is -1.21. The highest BCUT2D eigenvalue weighted by molar-refractivity contribution is 6.38. The molecule has 2 amide bonds. The molecule has 21 heavy (non-hydrogen) atoms. The van der Waals surface area contributed by atoms with Crippen LogP contribution in [0, 0.1) is 0 Å². The van der Waals surface area contributed by atoms with Gasteiger partial charge >= 0.3 is 0 Å². The SMILES string of the molecule is CC(C)NC(=O)C(=O)C1CCC(=O)N1Cc1ccccc1. The van der Waals surface area contributed by atoms with Gasteiger partial charge in [0.2, 0.25) is 11.7 Å². The summed E-state index contributed by atoms with van der Waals surface area (Å²) in [7, 11) is 0. The molecule has 0 bridgehead atoms. The fourth-order valence-electron chi connectivity index (χ4n) is 2.47. The quantitative estimate of drug-likeness (QED) is 0.830. The number of hydrogen-bond acceptors (Lipinski definition) is 3. The van der Waals surface area contributed by atoms with E-state index in [4.69, 9.17) is 0 Å². The smallest absolute Gasteiger partial charge is 0.289 e. The molecule has 0 aromatic heterocycles. The van der Waals surface area contributed by atoms with E-state index in [1.54, 1.807) is 13.8 Å². The van der Waals surface area contributed by atoms with E-state index in [2.05, 4.69) is 5.32 Å². The minimum Gasteiger partial charge on any atom is -0.347 e. The molecule has 112 valence electrons. The van der Waals surface area contributed by atoms with E-state index in [0.717, 1.165) is 5.56 Å². The Balaban J connectivity index is 2.09. The largest absolute Gasteiger partial charge is 0.347 e. The van der Waals surface area contributed by atoms with Crippen LogP contribution in [0.4, 0.5) is 0 Å². The molecule has 5 nitrogen and oxygen atoms in total. The van der Waals surface area contributed by atoms with Crippen molar-refractivity contribution in [2.24, 2.45) is 0 Å². The number of Topliss-reactive ketones (excluding diaryl/α,β-unsaturated/α-hetero) is 1. The normalized spacial score (nSPS) is 18.1. The third kappa shape index (κ3) is 3.68. The molecule has 1 aliphatic rings. The van der Waals surface area contributed by atoms with Crippen LogP contribution in [0.25, 0.3) is 0 Å². The lowest BCUT2D eigenvalue weighted by Gasteiger charge is -2.23. The van der Waals surface area contributed by atoms with E-state index < -0.39 is 17.7 Å². The Morgan fingerprint density at radius 1 is 1.29 bits per heavy atom. The Labute approximate surface area is 124 Å². The van der Waals surface area contributed by atoms with Crippen LogP contribution in [0.1, 0.15) is 32.3 Å². The number of rotatable bonds is 5. The number of benzene rings is 1. The van der Waals surface area contributed by atoms with Crippen LogP contribution < -0.4 is 5.32 Å². The highest BCUT2D eigenvalue weighted by atomic mass is 16.2. The molecule has 1 N–H and O–H groups in total. The number of hydrogen-bond donors (Lipinski definition) is 1. The molecule has 1 saturated heterocycles. The van der Waals surface area contributed by atoms with Crippen molar-refractivity contribution >= 4 is 17.6 Å². The Hall–Kier alpha value is -2.17. The van der Waals surface area contributed by atoms with Crippen molar-refractivity contribution in [3.8, 4) is 0 Å². The summed E-state index contributed by atoms with van der Waals surface area (Å²) in [4.78, 5) is 37.6. The molecule has 1 heterocycles. The monoisotopic (exact) mass is 288 g/mol. The molecule has 5 heteroatoms. The number of likely N-dealkylation sites (tertiary alicyclic amines) is 1. The summed E-state index contributed by atoms with van der Waals surface area (Å²) >= 11 is 0. The van der Waals surface area contributed by atoms with Gasteiger partial charge in [0.25, 0.3) is 5.91 Å². The summed E-state index contributed by atoms with van der Waals surface area (Å²) in [6.07, 6.45) is 0.730. The molecule has 2 rings (SSSR count). The molecular formula is C16H20N2O3. The fraction of sp³-hybridized carbons (Fsp3) is 0.438. The molecule has 1 aromatic rings. The number of nitrogens with zero attached hydrogens (tertiary/aromatic N) is 1. The molecule has 1 fully saturated rings. The maximum absolute atomic E-state index is 12.2.